The van der Waals surface area contributed by atoms with Gasteiger partial charge in [-0.05, 0) is 42.4 Å². The molecule has 0 radical (unpaired) electrons. The Morgan fingerprint density at radius 2 is 1.93 bits per heavy atom. The van der Waals surface area contributed by atoms with Crippen molar-refractivity contribution >= 4 is 22.9 Å². The fourth-order valence-electron chi connectivity index (χ4n) is 3.76. The van der Waals surface area contributed by atoms with Crippen molar-refractivity contribution in [1.82, 2.24) is 4.98 Å². The SMILES string of the molecule is CCCCCC(C)c1c(/C=C/[C@@H](O)[C@@H](O)CCCC(=O)OC)cnc2ccccc12. The first-order valence-corrected chi connectivity index (χ1v) is 11.0. The van der Waals surface area contributed by atoms with Gasteiger partial charge in [-0.2, -0.15) is 0 Å². The number of benzene rings is 1. The maximum absolute atomic E-state index is 11.2. The van der Waals surface area contributed by atoms with Gasteiger partial charge in [-0.15, -0.1) is 0 Å². The molecule has 5 heteroatoms. The molecule has 2 N–H and O–H groups in total. The van der Waals surface area contributed by atoms with Crippen LogP contribution in [0.2, 0.25) is 0 Å². The van der Waals surface area contributed by atoms with Gasteiger partial charge in [0.05, 0.1) is 24.8 Å². The molecule has 0 saturated heterocycles. The molecule has 164 valence electrons. The van der Waals surface area contributed by atoms with Gasteiger partial charge in [0, 0.05) is 18.0 Å². The summed E-state index contributed by atoms with van der Waals surface area (Å²) in [5, 5.41) is 21.7. The van der Waals surface area contributed by atoms with E-state index in [1.807, 2.05) is 30.5 Å². The maximum Gasteiger partial charge on any atom is 0.305 e. The van der Waals surface area contributed by atoms with Crippen LogP contribution in [0.5, 0.6) is 0 Å². The number of ether oxygens (including phenoxy) is 1. The number of carbonyl (C=O) groups is 1. The quantitative estimate of drug-likeness (QED) is 0.378. The predicted molar refractivity (Wildman–Crippen MR) is 121 cm³/mol. The van der Waals surface area contributed by atoms with Crippen molar-refractivity contribution in [1.29, 1.82) is 0 Å². The molecular weight excluding hydrogens is 378 g/mol. The average Bonchev–Trinajstić information content (AvgIpc) is 2.76. The number of aliphatic hydroxyl groups is 2. The van der Waals surface area contributed by atoms with Gasteiger partial charge in [0.2, 0.25) is 0 Å². The standard InChI is InChI=1S/C25H35NO4/c1-4-5-6-10-18(2)25-19(17-26-21-12-8-7-11-20(21)25)15-16-23(28)22(27)13-9-14-24(29)30-3/h7-8,11-12,15-18,22-23,27-28H,4-6,9-10,13-14H2,1-3H3/b16-15+/t18?,22-,23+/m0/s1. The van der Waals surface area contributed by atoms with E-state index in [0.29, 0.717) is 18.8 Å². The maximum atomic E-state index is 11.2. The second-order valence-corrected chi connectivity index (χ2v) is 7.93. The Bertz CT molecular complexity index is 833. The lowest BCUT2D eigenvalue weighted by Gasteiger charge is -2.18. The molecule has 0 aliphatic rings. The lowest BCUT2D eigenvalue weighted by atomic mass is 9.88. The zero-order valence-corrected chi connectivity index (χ0v) is 18.4. The van der Waals surface area contributed by atoms with Crippen LogP contribution in [0.4, 0.5) is 0 Å². The number of nitrogens with zero attached hydrogens (tertiary/aromatic N) is 1. The summed E-state index contributed by atoms with van der Waals surface area (Å²) in [6, 6.07) is 8.14. The summed E-state index contributed by atoms with van der Waals surface area (Å²) >= 11 is 0. The van der Waals surface area contributed by atoms with Crippen LogP contribution in [-0.2, 0) is 9.53 Å². The Balaban J connectivity index is 2.17. The van der Waals surface area contributed by atoms with Crippen LogP contribution in [0, 0.1) is 0 Å². The molecule has 1 heterocycles. The number of unbranched alkanes of at least 4 members (excludes halogenated alkanes) is 2. The third-order valence-corrected chi connectivity index (χ3v) is 5.56. The number of hydrogen-bond acceptors (Lipinski definition) is 5. The van der Waals surface area contributed by atoms with Crippen molar-refractivity contribution in [2.45, 2.75) is 76.9 Å². The summed E-state index contributed by atoms with van der Waals surface area (Å²) < 4.78 is 4.60. The van der Waals surface area contributed by atoms with Crippen molar-refractivity contribution in [2.75, 3.05) is 7.11 Å². The van der Waals surface area contributed by atoms with E-state index in [2.05, 4.69) is 29.6 Å². The molecule has 0 aliphatic heterocycles. The van der Waals surface area contributed by atoms with Crippen LogP contribution >= 0.6 is 0 Å². The van der Waals surface area contributed by atoms with Gasteiger partial charge in [0.15, 0.2) is 0 Å². The van der Waals surface area contributed by atoms with Gasteiger partial charge in [0.1, 0.15) is 0 Å². The molecule has 30 heavy (non-hydrogen) atoms. The van der Waals surface area contributed by atoms with Crippen molar-refractivity contribution in [3.8, 4) is 0 Å². The molecule has 5 nitrogen and oxygen atoms in total. The van der Waals surface area contributed by atoms with Gasteiger partial charge in [0.25, 0.3) is 0 Å². The largest absolute Gasteiger partial charge is 0.469 e. The minimum atomic E-state index is -1.00. The Kier molecular flexibility index (Phi) is 9.98. The smallest absolute Gasteiger partial charge is 0.305 e. The summed E-state index contributed by atoms with van der Waals surface area (Å²) in [5.41, 5.74) is 3.18. The van der Waals surface area contributed by atoms with Crippen LogP contribution in [0.1, 0.15) is 75.8 Å². The van der Waals surface area contributed by atoms with Gasteiger partial charge < -0.3 is 14.9 Å². The Morgan fingerprint density at radius 1 is 1.17 bits per heavy atom. The minimum absolute atomic E-state index is 0.234. The van der Waals surface area contributed by atoms with Crippen molar-refractivity contribution in [3.63, 3.8) is 0 Å². The second-order valence-electron chi connectivity index (χ2n) is 7.93. The molecule has 0 spiro atoms. The Labute approximate surface area is 179 Å². The second kappa shape index (κ2) is 12.5. The molecule has 0 bridgehead atoms. The van der Waals surface area contributed by atoms with E-state index in [4.69, 9.17) is 0 Å². The molecule has 0 fully saturated rings. The van der Waals surface area contributed by atoms with Gasteiger partial charge in [-0.3, -0.25) is 9.78 Å². The summed E-state index contributed by atoms with van der Waals surface area (Å²) in [4.78, 5) is 15.8. The van der Waals surface area contributed by atoms with Crippen molar-refractivity contribution in [2.24, 2.45) is 0 Å². The zero-order chi connectivity index (χ0) is 21.9. The molecule has 0 aliphatic carbocycles. The summed E-state index contributed by atoms with van der Waals surface area (Å²) in [6.07, 6.45) is 9.12. The lowest BCUT2D eigenvalue weighted by molar-refractivity contribution is -0.140. The van der Waals surface area contributed by atoms with E-state index in [0.717, 1.165) is 22.9 Å². The van der Waals surface area contributed by atoms with E-state index in [1.165, 1.54) is 31.9 Å². The van der Waals surface area contributed by atoms with Crippen LogP contribution < -0.4 is 0 Å². The highest BCUT2D eigenvalue weighted by atomic mass is 16.5. The molecule has 3 atom stereocenters. The zero-order valence-electron chi connectivity index (χ0n) is 18.4. The molecule has 0 amide bonds. The van der Waals surface area contributed by atoms with Crippen LogP contribution in [0.15, 0.2) is 36.5 Å². The van der Waals surface area contributed by atoms with E-state index in [-0.39, 0.29) is 12.4 Å². The molecule has 0 saturated carbocycles. The van der Waals surface area contributed by atoms with Crippen molar-refractivity contribution < 1.29 is 19.7 Å². The number of carbonyl (C=O) groups excluding carboxylic acids is 1. The number of aromatic nitrogens is 1. The Hall–Kier alpha value is -2.24. The first kappa shape index (κ1) is 24.0. The molecular formula is C25H35NO4. The molecule has 1 aromatic carbocycles. The third-order valence-electron chi connectivity index (χ3n) is 5.56. The third kappa shape index (κ3) is 6.92. The van der Waals surface area contributed by atoms with Gasteiger partial charge in [-0.25, -0.2) is 0 Å². The summed E-state index contributed by atoms with van der Waals surface area (Å²) in [5.74, 6) is 0.0578. The summed E-state index contributed by atoms with van der Waals surface area (Å²) in [6.45, 7) is 4.45. The number of pyridine rings is 1. The van der Waals surface area contributed by atoms with Gasteiger partial charge in [-0.1, -0.05) is 63.5 Å². The monoisotopic (exact) mass is 413 g/mol. The number of para-hydroxylation sites is 1. The molecule has 2 aromatic rings. The van der Waals surface area contributed by atoms with Crippen LogP contribution in [-0.4, -0.2) is 40.5 Å². The fraction of sp³-hybridized carbons (Fsp3) is 0.520. The van der Waals surface area contributed by atoms with Gasteiger partial charge >= 0.3 is 5.97 Å². The van der Waals surface area contributed by atoms with E-state index < -0.39 is 12.2 Å². The number of rotatable bonds is 12. The number of fused-ring (bicyclic) bond motifs is 1. The van der Waals surface area contributed by atoms with E-state index in [1.54, 1.807) is 6.08 Å². The number of hydrogen-bond donors (Lipinski definition) is 2. The highest BCUT2D eigenvalue weighted by Crippen LogP contribution is 2.32. The fourth-order valence-corrected chi connectivity index (χ4v) is 3.76. The molecule has 1 unspecified atom stereocenters. The number of aliphatic hydroxyl groups excluding tert-OH is 2. The van der Waals surface area contributed by atoms with E-state index >= 15 is 0 Å². The predicted octanol–water partition coefficient (Wildman–Crippen LogP) is 5.00. The molecule has 2 rings (SSSR count). The Morgan fingerprint density at radius 3 is 2.67 bits per heavy atom. The minimum Gasteiger partial charge on any atom is -0.469 e. The lowest BCUT2D eigenvalue weighted by Crippen LogP contribution is -2.23. The van der Waals surface area contributed by atoms with Crippen LogP contribution in [0.3, 0.4) is 0 Å². The topological polar surface area (TPSA) is 79.7 Å². The highest BCUT2D eigenvalue weighted by molar-refractivity contribution is 5.85. The molecule has 1 aromatic heterocycles. The first-order chi connectivity index (χ1) is 14.5. The van der Waals surface area contributed by atoms with Crippen LogP contribution in [0.25, 0.3) is 17.0 Å². The van der Waals surface area contributed by atoms with E-state index in [9.17, 15) is 15.0 Å². The average molecular weight is 414 g/mol. The normalized spacial score (nSPS) is 14.7. The van der Waals surface area contributed by atoms with Crippen molar-refractivity contribution in [3.05, 3.63) is 47.7 Å². The first-order valence-electron chi connectivity index (χ1n) is 11.0. The highest BCUT2D eigenvalue weighted by Gasteiger charge is 2.16. The number of methoxy groups -OCH3 is 1. The summed E-state index contributed by atoms with van der Waals surface area (Å²) in [7, 11) is 1.34. The number of esters is 1.